The molecule has 0 aliphatic heterocycles. The summed E-state index contributed by atoms with van der Waals surface area (Å²) in [5.74, 6) is 0. The van der Waals surface area contributed by atoms with Gasteiger partial charge in [-0.3, -0.25) is 10.1 Å². The van der Waals surface area contributed by atoms with Crippen LogP contribution in [0, 0.1) is 0 Å². The quantitative estimate of drug-likeness (QED) is 0.675. The molecule has 0 aliphatic carbocycles. The molecule has 0 aliphatic rings. The van der Waals surface area contributed by atoms with Crippen LogP contribution >= 0.6 is 0 Å². The number of nitrogens with one attached hydrogen (secondary N) is 1. The second kappa shape index (κ2) is 11.6. The van der Waals surface area contributed by atoms with Gasteiger partial charge in [-0.05, 0) is 6.08 Å². The van der Waals surface area contributed by atoms with Crippen molar-refractivity contribution in [3.8, 4) is 0 Å². The van der Waals surface area contributed by atoms with Crippen molar-refractivity contribution in [2.45, 2.75) is 27.7 Å². The first-order valence-electron chi connectivity index (χ1n) is 4.95. The van der Waals surface area contributed by atoms with Crippen LogP contribution in [-0.2, 0) is 0 Å². The van der Waals surface area contributed by atoms with E-state index < -0.39 is 0 Å². The number of hydrogen-bond donors (Lipinski definition) is 1. The number of rotatable bonds is 1. The van der Waals surface area contributed by atoms with Crippen LogP contribution in [0.2, 0.25) is 0 Å². The minimum absolute atomic E-state index is 0.889. The predicted molar refractivity (Wildman–Crippen MR) is 64.9 cm³/mol. The van der Waals surface area contributed by atoms with Crippen molar-refractivity contribution < 1.29 is 0 Å². The van der Waals surface area contributed by atoms with Crippen LogP contribution in [0.25, 0.3) is 12.7 Å². The fourth-order valence-corrected chi connectivity index (χ4v) is 0.614. The molecule has 14 heavy (non-hydrogen) atoms. The van der Waals surface area contributed by atoms with Crippen LogP contribution in [0.1, 0.15) is 27.7 Å². The second-order valence-corrected chi connectivity index (χ2v) is 1.88. The van der Waals surface area contributed by atoms with Crippen molar-refractivity contribution in [3.05, 3.63) is 16.8 Å². The Labute approximate surface area is 86.3 Å². The lowest BCUT2D eigenvalue weighted by molar-refractivity contribution is 1.06. The normalized spacial score (nSPS) is 10.2. The molecule has 0 saturated carbocycles. The first kappa shape index (κ1) is 15.1. The highest BCUT2D eigenvalue weighted by atomic mass is 15.1. The lowest BCUT2D eigenvalue weighted by atomic mass is 10.4. The lowest BCUT2D eigenvalue weighted by Gasteiger charge is -1.71. The largest absolute Gasteiger partial charge is 0.296 e. The molecule has 80 valence electrons. The summed E-state index contributed by atoms with van der Waals surface area (Å²) in [6.07, 6.45) is 5.20. The van der Waals surface area contributed by atoms with E-state index in [1.54, 1.807) is 19.5 Å². The summed E-state index contributed by atoms with van der Waals surface area (Å²) in [5.41, 5.74) is 0. The molecular weight excluding hydrogens is 174 g/mol. The fourth-order valence-electron chi connectivity index (χ4n) is 0.614. The second-order valence-electron chi connectivity index (χ2n) is 1.88. The number of hydrogen-bond acceptors (Lipinski definition) is 2. The first-order chi connectivity index (χ1) is 6.84. The van der Waals surface area contributed by atoms with E-state index in [2.05, 4.69) is 21.8 Å². The summed E-state index contributed by atoms with van der Waals surface area (Å²) >= 11 is 0. The molecule has 0 radical (unpaired) electrons. The van der Waals surface area contributed by atoms with Crippen molar-refractivity contribution in [2.75, 3.05) is 7.05 Å². The molecule has 0 fully saturated rings. The highest BCUT2D eigenvalue weighted by Crippen LogP contribution is 1.55. The van der Waals surface area contributed by atoms with E-state index in [4.69, 9.17) is 0 Å². The summed E-state index contributed by atoms with van der Waals surface area (Å²) in [6, 6.07) is 0. The molecule has 0 spiro atoms. The number of aliphatic imine (C=N–C) groups is 1. The van der Waals surface area contributed by atoms with Gasteiger partial charge in [0, 0.05) is 18.5 Å². The van der Waals surface area contributed by atoms with Crippen LogP contribution in [-0.4, -0.2) is 23.5 Å². The van der Waals surface area contributed by atoms with Gasteiger partial charge in [0.2, 0.25) is 0 Å². The molecule has 1 rings (SSSR count). The number of aromatic amines is 1. The molecule has 0 unspecified atom stereocenters. The van der Waals surface area contributed by atoms with Crippen molar-refractivity contribution in [3.63, 3.8) is 0 Å². The van der Waals surface area contributed by atoms with Crippen LogP contribution < -0.4 is 10.6 Å². The average Bonchev–Trinajstić information content (AvgIpc) is 2.67. The van der Waals surface area contributed by atoms with Gasteiger partial charge in [0.25, 0.3) is 0 Å². The third kappa shape index (κ3) is 6.17. The van der Waals surface area contributed by atoms with Gasteiger partial charge in [0.05, 0.1) is 11.5 Å². The summed E-state index contributed by atoms with van der Waals surface area (Å²) < 4.78 is 0. The fraction of sp³-hybridized carbons (Fsp3) is 0.455. The van der Waals surface area contributed by atoms with Crippen molar-refractivity contribution in [1.82, 2.24) is 10.2 Å². The van der Waals surface area contributed by atoms with E-state index in [1.807, 2.05) is 33.8 Å². The van der Waals surface area contributed by atoms with Crippen LogP contribution in [0.3, 0.4) is 0 Å². The van der Waals surface area contributed by atoms with Gasteiger partial charge in [-0.2, -0.15) is 5.10 Å². The maximum absolute atomic E-state index is 3.80. The summed E-state index contributed by atoms with van der Waals surface area (Å²) in [5, 5.41) is 8.37. The third-order valence-electron chi connectivity index (χ3n) is 1.14. The minimum Gasteiger partial charge on any atom is -0.296 e. The molecule has 0 amide bonds. The zero-order chi connectivity index (χ0) is 11.4. The molecular formula is C11H21N3. The summed E-state index contributed by atoms with van der Waals surface area (Å²) in [4.78, 5) is 3.80. The molecule has 0 saturated heterocycles. The molecule has 1 aromatic heterocycles. The lowest BCUT2D eigenvalue weighted by Crippen LogP contribution is -2.20. The van der Waals surface area contributed by atoms with Gasteiger partial charge in [-0.1, -0.05) is 34.3 Å². The van der Waals surface area contributed by atoms with Gasteiger partial charge >= 0.3 is 0 Å². The summed E-state index contributed by atoms with van der Waals surface area (Å²) in [7, 11) is 1.72. The topological polar surface area (TPSA) is 41.0 Å². The van der Waals surface area contributed by atoms with E-state index in [0.29, 0.717) is 0 Å². The van der Waals surface area contributed by atoms with E-state index in [9.17, 15) is 0 Å². The van der Waals surface area contributed by atoms with E-state index >= 15 is 0 Å². The van der Waals surface area contributed by atoms with Crippen LogP contribution in [0.5, 0.6) is 0 Å². The Morgan fingerprint density at radius 3 is 2.29 bits per heavy atom. The van der Waals surface area contributed by atoms with Gasteiger partial charge in [-0.15, -0.1) is 0 Å². The molecule has 3 nitrogen and oxygen atoms in total. The molecule has 0 bridgehead atoms. The number of nitrogens with zero attached hydrogens (tertiary/aromatic N) is 2. The van der Waals surface area contributed by atoms with E-state index in [0.717, 1.165) is 10.6 Å². The SMILES string of the molecule is C=c1cn[nH]/c1=C/C=NC.CC.CC. The Hall–Kier alpha value is -1.38. The smallest absolute Gasteiger partial charge is 0.0659 e. The van der Waals surface area contributed by atoms with Crippen molar-refractivity contribution in [2.24, 2.45) is 4.99 Å². The molecule has 1 N–H and O–H groups in total. The standard InChI is InChI=1S/C7H9N3.2C2H6/c1-6-5-9-10-7(6)3-4-8-2;2*1-2/h3-5,10H,1H2,2H3;2*1-2H3/b7-3+,8-4?;;. The molecule has 1 aromatic rings. The first-order valence-corrected chi connectivity index (χ1v) is 4.95. The van der Waals surface area contributed by atoms with Crippen molar-refractivity contribution in [1.29, 1.82) is 0 Å². The number of H-pyrrole nitrogens is 1. The van der Waals surface area contributed by atoms with Gasteiger partial charge < -0.3 is 0 Å². The highest BCUT2D eigenvalue weighted by molar-refractivity contribution is 5.90. The Morgan fingerprint density at radius 1 is 1.36 bits per heavy atom. The Morgan fingerprint density at radius 2 is 1.93 bits per heavy atom. The molecule has 3 heteroatoms. The highest BCUT2D eigenvalue weighted by Gasteiger charge is 1.78. The Balaban J connectivity index is 0. The van der Waals surface area contributed by atoms with E-state index in [1.165, 1.54) is 0 Å². The average molecular weight is 195 g/mol. The van der Waals surface area contributed by atoms with Crippen LogP contribution in [0.4, 0.5) is 0 Å². The van der Waals surface area contributed by atoms with Gasteiger partial charge in [-0.25, -0.2) is 0 Å². The van der Waals surface area contributed by atoms with Gasteiger partial charge in [0.15, 0.2) is 0 Å². The van der Waals surface area contributed by atoms with E-state index in [-0.39, 0.29) is 0 Å². The van der Waals surface area contributed by atoms with Crippen LogP contribution in [0.15, 0.2) is 11.2 Å². The third-order valence-corrected chi connectivity index (χ3v) is 1.14. The van der Waals surface area contributed by atoms with Gasteiger partial charge in [0.1, 0.15) is 0 Å². The van der Waals surface area contributed by atoms with Crippen molar-refractivity contribution >= 4 is 18.9 Å². The maximum Gasteiger partial charge on any atom is 0.0659 e. The molecule has 0 atom stereocenters. The zero-order valence-corrected chi connectivity index (χ0v) is 9.83. The monoisotopic (exact) mass is 195 g/mol. The Kier molecular flexibility index (Phi) is 12.5. The maximum atomic E-state index is 3.80. The molecule has 0 aromatic carbocycles. The zero-order valence-electron chi connectivity index (χ0n) is 9.83. The minimum atomic E-state index is 0.889. The molecule has 1 heterocycles. The Bertz CT molecular complexity index is 323. The summed E-state index contributed by atoms with van der Waals surface area (Å²) in [6.45, 7) is 11.7. The number of aromatic nitrogens is 2. The predicted octanol–water partition coefficient (Wildman–Crippen LogP) is 1.35.